The van der Waals surface area contributed by atoms with Crippen LogP contribution in [0.2, 0.25) is 0 Å². The summed E-state index contributed by atoms with van der Waals surface area (Å²) in [5.74, 6) is 0. The summed E-state index contributed by atoms with van der Waals surface area (Å²) in [4.78, 5) is 0. The molecule has 0 saturated carbocycles. The fourth-order valence-electron chi connectivity index (χ4n) is 1.89. The predicted octanol–water partition coefficient (Wildman–Crippen LogP) is 3.54. The Hall–Kier alpha value is 0.0969. The second-order valence-electron chi connectivity index (χ2n) is 4.51. The van der Waals surface area contributed by atoms with E-state index in [1.54, 1.807) is 14.2 Å². The molecule has 0 unspecified atom stereocenters. The summed E-state index contributed by atoms with van der Waals surface area (Å²) in [6, 6.07) is 0. The lowest BCUT2D eigenvalue weighted by Gasteiger charge is -2.21. The van der Waals surface area contributed by atoms with Gasteiger partial charge in [0.1, 0.15) is 0 Å². The average molecular weight is 262 g/mol. The van der Waals surface area contributed by atoms with E-state index in [1.165, 1.54) is 38.5 Å². The molecule has 0 aromatic rings. The van der Waals surface area contributed by atoms with Crippen molar-refractivity contribution in [3.63, 3.8) is 0 Å². The summed E-state index contributed by atoms with van der Waals surface area (Å²) < 4.78 is 16.4. The summed E-state index contributed by atoms with van der Waals surface area (Å²) in [6.07, 6.45) is 10.2. The highest BCUT2D eigenvalue weighted by Crippen LogP contribution is 2.15. The van der Waals surface area contributed by atoms with Crippen molar-refractivity contribution in [3.05, 3.63) is 0 Å². The summed E-state index contributed by atoms with van der Waals surface area (Å²) in [5.41, 5.74) is 0. The first-order chi connectivity index (χ1) is 8.28. The molecule has 0 radical (unpaired) electrons. The van der Waals surface area contributed by atoms with E-state index in [1.807, 2.05) is 0 Å². The molecule has 0 spiro atoms. The van der Waals surface area contributed by atoms with Crippen LogP contribution in [0.15, 0.2) is 0 Å². The van der Waals surface area contributed by atoms with Gasteiger partial charge in [0.15, 0.2) is 0 Å². The fourth-order valence-corrected chi connectivity index (χ4v) is 2.89. The Morgan fingerprint density at radius 1 is 0.824 bits per heavy atom. The zero-order valence-corrected chi connectivity index (χ0v) is 13.2. The molecule has 104 valence electrons. The van der Waals surface area contributed by atoms with Crippen molar-refractivity contribution in [2.45, 2.75) is 71.3 Å². The van der Waals surface area contributed by atoms with Crippen molar-refractivity contribution in [1.82, 2.24) is 0 Å². The van der Waals surface area contributed by atoms with Gasteiger partial charge < -0.3 is 13.3 Å². The van der Waals surface area contributed by atoms with Crippen LogP contribution < -0.4 is 0 Å². The molecule has 0 aromatic carbocycles. The summed E-state index contributed by atoms with van der Waals surface area (Å²) in [6.45, 7) is 4.46. The molecule has 0 aliphatic heterocycles. The molecule has 17 heavy (non-hydrogen) atoms. The SMILES string of the molecule is CCCCCC(CCCCC)O[SiH](OC)OC. The third kappa shape index (κ3) is 9.77. The van der Waals surface area contributed by atoms with Crippen LogP contribution in [0.5, 0.6) is 0 Å². The van der Waals surface area contributed by atoms with Crippen LogP contribution in [0.3, 0.4) is 0 Å². The van der Waals surface area contributed by atoms with Gasteiger partial charge in [0.25, 0.3) is 0 Å². The second-order valence-corrected chi connectivity index (χ2v) is 6.30. The van der Waals surface area contributed by atoms with Gasteiger partial charge in [-0.2, -0.15) is 0 Å². The highest BCUT2D eigenvalue weighted by Gasteiger charge is 2.18. The zero-order chi connectivity index (χ0) is 12.9. The number of hydrogen-bond acceptors (Lipinski definition) is 3. The van der Waals surface area contributed by atoms with Crippen LogP contribution >= 0.6 is 0 Å². The normalized spacial score (nSPS) is 11.6. The smallest absolute Gasteiger partial charge is 0.379 e. The first-order valence-electron chi connectivity index (χ1n) is 6.99. The molecule has 0 rings (SSSR count). The quantitative estimate of drug-likeness (QED) is 0.398. The maximum absolute atomic E-state index is 5.94. The predicted molar refractivity (Wildman–Crippen MR) is 74.3 cm³/mol. The minimum absolute atomic E-state index is 0.338. The van der Waals surface area contributed by atoms with E-state index in [-0.39, 0.29) is 0 Å². The highest BCUT2D eigenvalue weighted by atomic mass is 28.3. The summed E-state index contributed by atoms with van der Waals surface area (Å²) in [7, 11) is 1.50. The van der Waals surface area contributed by atoms with Gasteiger partial charge in [0.2, 0.25) is 0 Å². The largest absolute Gasteiger partial charge is 0.483 e. The molecule has 0 aromatic heterocycles. The van der Waals surface area contributed by atoms with Crippen molar-refractivity contribution >= 4 is 9.53 Å². The van der Waals surface area contributed by atoms with Crippen LogP contribution in [0.25, 0.3) is 0 Å². The van der Waals surface area contributed by atoms with Gasteiger partial charge in [-0.3, -0.25) is 0 Å². The van der Waals surface area contributed by atoms with Crippen molar-refractivity contribution < 1.29 is 13.3 Å². The summed E-state index contributed by atoms with van der Waals surface area (Å²) in [5, 5.41) is 0. The highest BCUT2D eigenvalue weighted by molar-refractivity contribution is 6.36. The van der Waals surface area contributed by atoms with Crippen molar-refractivity contribution in [2.24, 2.45) is 0 Å². The van der Waals surface area contributed by atoms with Crippen LogP contribution in [0.1, 0.15) is 65.2 Å². The maximum Gasteiger partial charge on any atom is 0.483 e. The van der Waals surface area contributed by atoms with Crippen LogP contribution in [0.4, 0.5) is 0 Å². The maximum atomic E-state index is 5.94. The Morgan fingerprint density at radius 3 is 1.65 bits per heavy atom. The molecule has 0 bridgehead atoms. The van der Waals surface area contributed by atoms with Gasteiger partial charge in [0, 0.05) is 20.3 Å². The molecule has 0 atom stereocenters. The van der Waals surface area contributed by atoms with Gasteiger partial charge in [-0.1, -0.05) is 52.4 Å². The number of unbranched alkanes of at least 4 members (excludes halogenated alkanes) is 4. The fraction of sp³-hybridized carbons (Fsp3) is 1.00. The monoisotopic (exact) mass is 262 g/mol. The van der Waals surface area contributed by atoms with Crippen LogP contribution in [0, 0.1) is 0 Å². The standard InChI is InChI=1S/C13H30O3Si/c1-5-7-9-11-13(12-10-8-6-2)16-17(14-3)15-4/h13,17H,5-12H2,1-4H3. The first kappa shape index (κ1) is 17.1. The lowest BCUT2D eigenvalue weighted by Crippen LogP contribution is -2.30. The van der Waals surface area contributed by atoms with E-state index in [2.05, 4.69) is 13.8 Å². The zero-order valence-electron chi connectivity index (χ0n) is 12.0. The van der Waals surface area contributed by atoms with E-state index < -0.39 is 9.53 Å². The molecule has 0 N–H and O–H groups in total. The Balaban J connectivity index is 3.90. The number of hydrogen-bond donors (Lipinski definition) is 0. The summed E-state index contributed by atoms with van der Waals surface area (Å²) >= 11 is 0. The molecule has 0 aliphatic rings. The molecule has 0 aliphatic carbocycles. The minimum Gasteiger partial charge on any atom is -0.379 e. The molecular formula is C13H30O3Si. The molecule has 3 nitrogen and oxygen atoms in total. The lowest BCUT2D eigenvalue weighted by molar-refractivity contribution is 0.0737. The van der Waals surface area contributed by atoms with Crippen molar-refractivity contribution in [1.29, 1.82) is 0 Å². The molecular weight excluding hydrogens is 232 g/mol. The minimum atomic E-state index is -1.85. The van der Waals surface area contributed by atoms with Gasteiger partial charge in [-0.05, 0) is 12.8 Å². The van der Waals surface area contributed by atoms with Crippen molar-refractivity contribution in [2.75, 3.05) is 14.2 Å². The first-order valence-corrected chi connectivity index (χ1v) is 8.40. The Bertz CT molecular complexity index is 142. The van der Waals surface area contributed by atoms with E-state index in [9.17, 15) is 0 Å². The van der Waals surface area contributed by atoms with Crippen LogP contribution in [-0.4, -0.2) is 29.9 Å². The second kappa shape index (κ2) is 12.6. The Morgan fingerprint density at radius 2 is 1.29 bits per heavy atom. The van der Waals surface area contributed by atoms with E-state index in [4.69, 9.17) is 13.3 Å². The van der Waals surface area contributed by atoms with Gasteiger partial charge in [0.05, 0.1) is 0 Å². The van der Waals surface area contributed by atoms with Gasteiger partial charge in [-0.25, -0.2) is 0 Å². The molecule has 4 heteroatoms. The third-order valence-electron chi connectivity index (χ3n) is 2.95. The lowest BCUT2D eigenvalue weighted by atomic mass is 10.0. The Kier molecular flexibility index (Phi) is 12.6. The van der Waals surface area contributed by atoms with Crippen LogP contribution in [-0.2, 0) is 13.3 Å². The third-order valence-corrected chi connectivity index (χ3v) is 4.32. The Labute approximate surface area is 109 Å². The molecule has 0 saturated heterocycles. The molecule has 0 amide bonds. The molecule has 0 heterocycles. The average Bonchev–Trinajstić information content (AvgIpc) is 2.35. The molecule has 0 fully saturated rings. The van der Waals surface area contributed by atoms with Gasteiger partial charge >= 0.3 is 9.53 Å². The number of rotatable bonds is 12. The van der Waals surface area contributed by atoms with Crippen molar-refractivity contribution in [3.8, 4) is 0 Å². The topological polar surface area (TPSA) is 27.7 Å². The van der Waals surface area contributed by atoms with E-state index in [0.717, 1.165) is 12.8 Å². The van der Waals surface area contributed by atoms with E-state index in [0.29, 0.717) is 6.10 Å². The van der Waals surface area contributed by atoms with E-state index >= 15 is 0 Å². The van der Waals surface area contributed by atoms with Gasteiger partial charge in [-0.15, -0.1) is 0 Å².